The molecular weight excluding hydrogens is 270 g/mol. The first kappa shape index (κ1) is 13.3. The molecule has 4 heteroatoms. The molecule has 0 fully saturated rings. The lowest BCUT2D eigenvalue weighted by Crippen LogP contribution is -2.26. The quantitative estimate of drug-likeness (QED) is 0.878. The van der Waals surface area contributed by atoms with Gasteiger partial charge in [-0.3, -0.25) is 0 Å². The van der Waals surface area contributed by atoms with Crippen molar-refractivity contribution in [1.82, 2.24) is 0 Å². The monoisotopic (exact) mass is 287 g/mol. The van der Waals surface area contributed by atoms with E-state index in [9.17, 15) is 5.11 Å². The van der Waals surface area contributed by atoms with Crippen LogP contribution in [0.4, 0.5) is 0 Å². The molecule has 1 rings (SSSR count). The fraction of sp³-hybridized carbons (Fsp3) is 0.500. The number of nitrogens with two attached hydrogens (primary N) is 1. The molecule has 1 aromatic rings. The first-order chi connectivity index (χ1) is 7.27. The highest BCUT2D eigenvalue weighted by Gasteiger charge is 2.26. The summed E-state index contributed by atoms with van der Waals surface area (Å²) in [6, 6.07) is 3.29. The van der Waals surface area contributed by atoms with Gasteiger partial charge in [0.2, 0.25) is 0 Å². The molecule has 0 saturated heterocycles. The van der Waals surface area contributed by atoms with Gasteiger partial charge in [0.1, 0.15) is 0 Å². The maximum Gasteiger partial charge on any atom is 0.162 e. The van der Waals surface area contributed by atoms with Gasteiger partial charge in [-0.2, -0.15) is 0 Å². The Balaban J connectivity index is 3.28. The van der Waals surface area contributed by atoms with E-state index >= 15 is 0 Å². The predicted octanol–water partition coefficient (Wildman–Crippen LogP) is 3.21. The van der Waals surface area contributed by atoms with Crippen LogP contribution >= 0.6 is 15.9 Å². The van der Waals surface area contributed by atoms with Gasteiger partial charge in [0.15, 0.2) is 11.5 Å². The average molecular weight is 288 g/mol. The molecule has 0 saturated carbocycles. The van der Waals surface area contributed by atoms with Gasteiger partial charge in [-0.15, -0.1) is 0 Å². The molecule has 0 amide bonds. The maximum absolute atomic E-state index is 10.0. The number of hydrogen-bond donors (Lipinski definition) is 2. The Morgan fingerprint density at radius 1 is 1.38 bits per heavy atom. The number of halogens is 1. The van der Waals surface area contributed by atoms with E-state index < -0.39 is 0 Å². The van der Waals surface area contributed by atoms with Gasteiger partial charge < -0.3 is 15.6 Å². The van der Waals surface area contributed by atoms with Crippen molar-refractivity contribution in [3.05, 3.63) is 22.2 Å². The molecule has 0 aromatic heterocycles. The van der Waals surface area contributed by atoms with Crippen LogP contribution < -0.4 is 10.5 Å². The van der Waals surface area contributed by atoms with Gasteiger partial charge in [-0.05, 0) is 17.5 Å². The minimum atomic E-state index is -0.251. The second kappa shape index (κ2) is 4.63. The molecule has 0 bridgehead atoms. The molecule has 0 aliphatic carbocycles. The van der Waals surface area contributed by atoms with Crippen LogP contribution in [0, 0.1) is 5.41 Å². The van der Waals surface area contributed by atoms with Gasteiger partial charge >= 0.3 is 0 Å². The van der Waals surface area contributed by atoms with Crippen molar-refractivity contribution >= 4 is 15.9 Å². The summed E-state index contributed by atoms with van der Waals surface area (Å²) in [4.78, 5) is 0. The van der Waals surface area contributed by atoms with E-state index in [-0.39, 0.29) is 17.2 Å². The number of rotatable bonds is 2. The molecule has 1 atom stereocenters. The standard InChI is InChI=1S/C12H18BrNO2/c1-12(2,3)11(14)8-5-7(13)6-9(16-4)10(8)15/h5-6,11,15H,14H2,1-4H3. The summed E-state index contributed by atoms with van der Waals surface area (Å²) in [5.41, 5.74) is 6.70. The second-order valence-electron chi connectivity index (χ2n) is 4.89. The van der Waals surface area contributed by atoms with Gasteiger partial charge in [-0.25, -0.2) is 0 Å². The van der Waals surface area contributed by atoms with E-state index in [0.29, 0.717) is 11.3 Å². The normalized spacial score (nSPS) is 13.6. The van der Waals surface area contributed by atoms with Gasteiger partial charge in [0.05, 0.1) is 7.11 Å². The summed E-state index contributed by atoms with van der Waals surface area (Å²) in [6.45, 7) is 6.10. The molecule has 3 N–H and O–H groups in total. The molecule has 16 heavy (non-hydrogen) atoms. The molecule has 0 aliphatic heterocycles. The van der Waals surface area contributed by atoms with Crippen LogP contribution in [-0.4, -0.2) is 12.2 Å². The zero-order chi connectivity index (χ0) is 12.5. The van der Waals surface area contributed by atoms with E-state index in [1.54, 1.807) is 6.07 Å². The number of benzene rings is 1. The van der Waals surface area contributed by atoms with E-state index in [1.807, 2.05) is 26.8 Å². The lowest BCUT2D eigenvalue weighted by atomic mass is 9.82. The van der Waals surface area contributed by atoms with Crippen molar-refractivity contribution in [2.45, 2.75) is 26.8 Å². The third kappa shape index (κ3) is 2.68. The van der Waals surface area contributed by atoms with Crippen LogP contribution in [0.1, 0.15) is 32.4 Å². The topological polar surface area (TPSA) is 55.5 Å². The fourth-order valence-electron chi connectivity index (χ4n) is 1.45. The highest BCUT2D eigenvalue weighted by Crippen LogP contribution is 2.41. The van der Waals surface area contributed by atoms with Gasteiger partial charge in [0.25, 0.3) is 0 Å². The Bertz CT molecular complexity index is 385. The smallest absolute Gasteiger partial charge is 0.162 e. The molecule has 90 valence electrons. The lowest BCUT2D eigenvalue weighted by molar-refractivity contribution is 0.310. The summed E-state index contributed by atoms with van der Waals surface area (Å²) in [7, 11) is 1.52. The third-order valence-electron chi connectivity index (χ3n) is 2.56. The Kier molecular flexibility index (Phi) is 3.86. The Morgan fingerprint density at radius 3 is 2.38 bits per heavy atom. The predicted molar refractivity (Wildman–Crippen MR) is 68.7 cm³/mol. The summed E-state index contributed by atoms with van der Waals surface area (Å²) in [5.74, 6) is 0.553. The molecule has 0 aliphatic rings. The van der Waals surface area contributed by atoms with Crippen LogP contribution in [0.5, 0.6) is 11.5 Å². The number of ether oxygens (including phenoxy) is 1. The minimum absolute atomic E-state index is 0.119. The molecule has 0 radical (unpaired) electrons. The molecular formula is C12H18BrNO2. The molecule has 3 nitrogen and oxygen atoms in total. The van der Waals surface area contributed by atoms with Crippen molar-refractivity contribution < 1.29 is 9.84 Å². The number of hydrogen-bond acceptors (Lipinski definition) is 3. The molecule has 0 heterocycles. The van der Waals surface area contributed by atoms with Gasteiger partial charge in [0, 0.05) is 16.1 Å². The first-order valence-corrected chi connectivity index (χ1v) is 5.88. The van der Waals surface area contributed by atoms with Gasteiger partial charge in [-0.1, -0.05) is 36.7 Å². The Morgan fingerprint density at radius 2 is 1.94 bits per heavy atom. The molecule has 1 unspecified atom stereocenters. The Hall–Kier alpha value is -0.740. The lowest BCUT2D eigenvalue weighted by Gasteiger charge is -2.28. The van der Waals surface area contributed by atoms with Crippen LogP contribution in [-0.2, 0) is 0 Å². The third-order valence-corrected chi connectivity index (χ3v) is 3.02. The van der Waals surface area contributed by atoms with Crippen LogP contribution in [0.15, 0.2) is 16.6 Å². The Labute approximate surface area is 105 Å². The minimum Gasteiger partial charge on any atom is -0.504 e. The summed E-state index contributed by atoms with van der Waals surface area (Å²) < 4.78 is 5.94. The van der Waals surface area contributed by atoms with Crippen LogP contribution in [0.3, 0.4) is 0 Å². The van der Waals surface area contributed by atoms with Crippen LogP contribution in [0.2, 0.25) is 0 Å². The fourth-order valence-corrected chi connectivity index (χ4v) is 1.91. The first-order valence-electron chi connectivity index (χ1n) is 5.09. The highest BCUT2D eigenvalue weighted by atomic mass is 79.9. The maximum atomic E-state index is 10.0. The second-order valence-corrected chi connectivity index (χ2v) is 5.81. The van der Waals surface area contributed by atoms with E-state index in [0.717, 1.165) is 4.47 Å². The zero-order valence-electron chi connectivity index (χ0n) is 10.0. The van der Waals surface area contributed by atoms with E-state index in [2.05, 4.69) is 15.9 Å². The number of methoxy groups -OCH3 is 1. The summed E-state index contributed by atoms with van der Waals surface area (Å²) >= 11 is 3.38. The van der Waals surface area contributed by atoms with Crippen molar-refractivity contribution in [3.8, 4) is 11.5 Å². The molecule has 1 aromatic carbocycles. The van der Waals surface area contributed by atoms with Crippen LogP contribution in [0.25, 0.3) is 0 Å². The van der Waals surface area contributed by atoms with Crippen molar-refractivity contribution in [3.63, 3.8) is 0 Å². The van der Waals surface area contributed by atoms with Crippen molar-refractivity contribution in [2.24, 2.45) is 11.1 Å². The largest absolute Gasteiger partial charge is 0.504 e. The van der Waals surface area contributed by atoms with Crippen molar-refractivity contribution in [2.75, 3.05) is 7.11 Å². The number of aromatic hydroxyl groups is 1. The summed E-state index contributed by atoms with van der Waals surface area (Å²) in [5, 5.41) is 10.0. The van der Waals surface area contributed by atoms with E-state index in [4.69, 9.17) is 10.5 Å². The zero-order valence-corrected chi connectivity index (χ0v) is 11.6. The average Bonchev–Trinajstić information content (AvgIpc) is 2.18. The highest BCUT2D eigenvalue weighted by molar-refractivity contribution is 9.10. The molecule has 0 spiro atoms. The van der Waals surface area contributed by atoms with E-state index in [1.165, 1.54) is 7.11 Å². The number of phenolic OH excluding ortho intramolecular Hbond substituents is 1. The summed E-state index contributed by atoms with van der Waals surface area (Å²) in [6.07, 6.45) is 0. The van der Waals surface area contributed by atoms with Crippen molar-refractivity contribution in [1.29, 1.82) is 0 Å². The SMILES string of the molecule is COc1cc(Br)cc(C(N)C(C)(C)C)c1O. The number of phenols is 1.